The molecule has 2 heterocycles. The fraction of sp³-hybridized carbons (Fsp3) is 0.294. The third-order valence-corrected chi connectivity index (χ3v) is 3.64. The van der Waals surface area contributed by atoms with E-state index in [0.29, 0.717) is 36.0 Å². The fourth-order valence-electron chi connectivity index (χ4n) is 2.42. The summed E-state index contributed by atoms with van der Waals surface area (Å²) in [7, 11) is 1.54. The van der Waals surface area contributed by atoms with E-state index in [1.54, 1.807) is 24.5 Å². The van der Waals surface area contributed by atoms with Crippen molar-refractivity contribution in [2.24, 2.45) is 0 Å². The van der Waals surface area contributed by atoms with Crippen LogP contribution in [0.25, 0.3) is 0 Å². The monoisotopic (exact) mass is 314 g/mol. The first kappa shape index (κ1) is 15.1. The van der Waals surface area contributed by atoms with Crippen molar-refractivity contribution in [1.82, 2.24) is 10.3 Å². The predicted octanol–water partition coefficient (Wildman–Crippen LogP) is 2.35. The van der Waals surface area contributed by atoms with Gasteiger partial charge in [0.25, 0.3) is 5.91 Å². The summed E-state index contributed by atoms with van der Waals surface area (Å²) in [6.45, 7) is 2.84. The lowest BCUT2D eigenvalue weighted by molar-refractivity contribution is 0.0938. The lowest BCUT2D eigenvalue weighted by atomic mass is 10.1. The normalized spacial score (nSPS) is 14.0. The first-order valence-electron chi connectivity index (χ1n) is 7.37. The van der Waals surface area contributed by atoms with Crippen molar-refractivity contribution in [3.05, 3.63) is 47.8 Å². The Balaban J connectivity index is 1.82. The highest BCUT2D eigenvalue weighted by atomic mass is 16.6. The lowest BCUT2D eigenvalue weighted by Gasteiger charge is -2.21. The Labute approximate surface area is 134 Å². The van der Waals surface area contributed by atoms with Crippen LogP contribution in [0.2, 0.25) is 0 Å². The van der Waals surface area contributed by atoms with Crippen LogP contribution in [0, 0.1) is 0 Å². The molecule has 1 aliphatic heterocycles. The molecule has 1 N–H and O–H groups in total. The molecule has 0 bridgehead atoms. The van der Waals surface area contributed by atoms with Gasteiger partial charge < -0.3 is 19.5 Å². The largest absolute Gasteiger partial charge is 0.493 e. The van der Waals surface area contributed by atoms with E-state index in [-0.39, 0.29) is 11.9 Å². The maximum absolute atomic E-state index is 12.5. The van der Waals surface area contributed by atoms with Crippen molar-refractivity contribution in [3.63, 3.8) is 0 Å². The van der Waals surface area contributed by atoms with Crippen molar-refractivity contribution in [2.45, 2.75) is 13.0 Å². The third kappa shape index (κ3) is 3.21. The van der Waals surface area contributed by atoms with Crippen molar-refractivity contribution in [3.8, 4) is 17.2 Å². The molecule has 120 valence electrons. The molecule has 0 saturated heterocycles. The Morgan fingerprint density at radius 1 is 1.26 bits per heavy atom. The quantitative estimate of drug-likeness (QED) is 0.938. The van der Waals surface area contributed by atoms with Crippen molar-refractivity contribution < 1.29 is 19.0 Å². The smallest absolute Gasteiger partial charge is 0.252 e. The van der Waals surface area contributed by atoms with Gasteiger partial charge >= 0.3 is 0 Å². The molecule has 0 aliphatic carbocycles. The summed E-state index contributed by atoms with van der Waals surface area (Å²) >= 11 is 0. The van der Waals surface area contributed by atoms with Crippen LogP contribution >= 0.6 is 0 Å². The Morgan fingerprint density at radius 3 is 2.74 bits per heavy atom. The Hall–Kier alpha value is -2.76. The number of aromatic nitrogens is 1. The van der Waals surface area contributed by atoms with E-state index < -0.39 is 0 Å². The van der Waals surface area contributed by atoms with Gasteiger partial charge in [0.05, 0.1) is 13.2 Å². The molecule has 1 aliphatic rings. The Morgan fingerprint density at radius 2 is 2.00 bits per heavy atom. The summed E-state index contributed by atoms with van der Waals surface area (Å²) in [5.41, 5.74) is 1.45. The average molecular weight is 314 g/mol. The van der Waals surface area contributed by atoms with E-state index in [2.05, 4.69) is 10.3 Å². The maximum Gasteiger partial charge on any atom is 0.252 e. The van der Waals surface area contributed by atoms with E-state index in [9.17, 15) is 4.79 Å². The van der Waals surface area contributed by atoms with Crippen LogP contribution in [0.4, 0.5) is 0 Å². The highest BCUT2D eigenvalue weighted by molar-refractivity contribution is 5.95. The average Bonchev–Trinajstić information content (AvgIpc) is 2.61. The summed E-state index contributed by atoms with van der Waals surface area (Å²) in [4.78, 5) is 16.5. The SMILES string of the molecule is COc1cc(C(=O)NC(C)c2ccncc2)cc2c1OCCO2. The first-order chi connectivity index (χ1) is 11.2. The van der Waals surface area contributed by atoms with Crippen LogP contribution in [0.1, 0.15) is 28.9 Å². The van der Waals surface area contributed by atoms with Crippen LogP contribution in [-0.4, -0.2) is 31.2 Å². The van der Waals surface area contributed by atoms with Gasteiger partial charge in [-0.05, 0) is 36.8 Å². The number of carbonyl (C=O) groups excluding carboxylic acids is 1. The Bertz CT molecular complexity index is 686. The van der Waals surface area contributed by atoms with Gasteiger partial charge in [0, 0.05) is 18.0 Å². The summed E-state index contributed by atoms with van der Waals surface area (Å²) in [6.07, 6.45) is 3.40. The molecule has 0 saturated carbocycles. The second kappa shape index (κ2) is 6.56. The van der Waals surface area contributed by atoms with Crippen LogP contribution in [0.3, 0.4) is 0 Å². The van der Waals surface area contributed by atoms with Gasteiger partial charge in [0.1, 0.15) is 13.2 Å². The van der Waals surface area contributed by atoms with Gasteiger partial charge in [-0.15, -0.1) is 0 Å². The molecule has 6 heteroatoms. The van der Waals surface area contributed by atoms with Crippen molar-refractivity contribution in [2.75, 3.05) is 20.3 Å². The number of ether oxygens (including phenoxy) is 3. The maximum atomic E-state index is 12.5. The Kier molecular flexibility index (Phi) is 4.32. The van der Waals surface area contributed by atoms with Gasteiger partial charge in [-0.25, -0.2) is 0 Å². The van der Waals surface area contributed by atoms with Crippen LogP contribution in [-0.2, 0) is 0 Å². The molecule has 1 aromatic heterocycles. The minimum atomic E-state index is -0.204. The number of rotatable bonds is 4. The number of methoxy groups -OCH3 is 1. The second-order valence-corrected chi connectivity index (χ2v) is 5.18. The van der Waals surface area contributed by atoms with E-state index >= 15 is 0 Å². The molecular weight excluding hydrogens is 296 g/mol. The number of nitrogens with zero attached hydrogens (tertiary/aromatic N) is 1. The number of pyridine rings is 1. The number of amides is 1. The molecule has 1 unspecified atom stereocenters. The van der Waals surface area contributed by atoms with Gasteiger partial charge in [0.2, 0.25) is 5.75 Å². The van der Waals surface area contributed by atoms with E-state index in [1.807, 2.05) is 19.1 Å². The number of carbonyl (C=O) groups is 1. The highest BCUT2D eigenvalue weighted by Gasteiger charge is 2.21. The zero-order chi connectivity index (χ0) is 16.2. The predicted molar refractivity (Wildman–Crippen MR) is 84.1 cm³/mol. The van der Waals surface area contributed by atoms with Crippen LogP contribution in [0.5, 0.6) is 17.2 Å². The van der Waals surface area contributed by atoms with Crippen LogP contribution in [0.15, 0.2) is 36.7 Å². The molecule has 1 amide bonds. The van der Waals surface area contributed by atoms with Gasteiger partial charge in [-0.3, -0.25) is 9.78 Å². The number of benzene rings is 1. The molecule has 0 fully saturated rings. The minimum absolute atomic E-state index is 0.135. The van der Waals surface area contributed by atoms with Crippen molar-refractivity contribution >= 4 is 5.91 Å². The first-order valence-corrected chi connectivity index (χ1v) is 7.37. The zero-order valence-electron chi connectivity index (χ0n) is 13.0. The molecule has 2 aromatic rings. The summed E-state index contributed by atoms with van der Waals surface area (Å²) < 4.78 is 16.4. The molecule has 1 aromatic carbocycles. The van der Waals surface area contributed by atoms with E-state index in [0.717, 1.165) is 5.56 Å². The van der Waals surface area contributed by atoms with E-state index in [4.69, 9.17) is 14.2 Å². The molecule has 6 nitrogen and oxygen atoms in total. The molecule has 0 spiro atoms. The summed E-state index contributed by atoms with van der Waals surface area (Å²) in [5, 5.41) is 2.95. The standard InChI is InChI=1S/C17H18N2O4/c1-11(12-3-5-18-6-4-12)19-17(20)13-9-14(21-2)16-15(10-13)22-7-8-23-16/h3-6,9-11H,7-8H2,1-2H3,(H,19,20). The number of hydrogen-bond donors (Lipinski definition) is 1. The number of nitrogens with one attached hydrogen (secondary N) is 1. The molecule has 23 heavy (non-hydrogen) atoms. The fourth-order valence-corrected chi connectivity index (χ4v) is 2.42. The third-order valence-electron chi connectivity index (χ3n) is 3.64. The van der Waals surface area contributed by atoms with Gasteiger partial charge in [-0.1, -0.05) is 0 Å². The van der Waals surface area contributed by atoms with Gasteiger partial charge in [-0.2, -0.15) is 0 Å². The van der Waals surface area contributed by atoms with Gasteiger partial charge in [0.15, 0.2) is 11.5 Å². The summed E-state index contributed by atoms with van der Waals surface area (Å²) in [5.74, 6) is 1.35. The molecule has 1 atom stereocenters. The van der Waals surface area contributed by atoms with Crippen molar-refractivity contribution in [1.29, 1.82) is 0 Å². The second-order valence-electron chi connectivity index (χ2n) is 5.18. The zero-order valence-corrected chi connectivity index (χ0v) is 13.0. The highest BCUT2D eigenvalue weighted by Crippen LogP contribution is 2.40. The van der Waals surface area contributed by atoms with Crippen LogP contribution < -0.4 is 19.5 Å². The number of fused-ring (bicyclic) bond motifs is 1. The minimum Gasteiger partial charge on any atom is -0.493 e. The topological polar surface area (TPSA) is 69.7 Å². The number of hydrogen-bond acceptors (Lipinski definition) is 5. The summed E-state index contributed by atoms with van der Waals surface area (Å²) in [6, 6.07) is 6.93. The molecule has 0 radical (unpaired) electrons. The lowest BCUT2D eigenvalue weighted by Crippen LogP contribution is -2.27. The molecule has 3 rings (SSSR count). The molecular formula is C17H18N2O4. The van der Waals surface area contributed by atoms with E-state index in [1.165, 1.54) is 7.11 Å².